The third-order valence-electron chi connectivity index (χ3n) is 3.83. The first kappa shape index (κ1) is 13.9. The molecule has 1 aromatic heterocycles. The molecule has 2 nitrogen and oxygen atoms in total. The van der Waals surface area contributed by atoms with Gasteiger partial charge in [0.25, 0.3) is 0 Å². The Morgan fingerprint density at radius 3 is 2.62 bits per heavy atom. The van der Waals surface area contributed by atoms with Crippen LogP contribution in [0.2, 0.25) is 0 Å². The zero-order valence-corrected chi connectivity index (χ0v) is 11.5. The Hall–Kier alpha value is -2.10. The van der Waals surface area contributed by atoms with Crippen molar-refractivity contribution in [3.8, 4) is 0 Å². The van der Waals surface area contributed by atoms with Gasteiger partial charge in [0, 0.05) is 18.3 Å². The van der Waals surface area contributed by atoms with Crippen LogP contribution in [-0.2, 0) is 19.3 Å². The fraction of sp³-hybridized carbons (Fsp3) is 0.294. The van der Waals surface area contributed by atoms with Crippen molar-refractivity contribution in [3.63, 3.8) is 0 Å². The number of pyridine rings is 1. The summed E-state index contributed by atoms with van der Waals surface area (Å²) in [5.41, 5.74) is 2.48. The van der Waals surface area contributed by atoms with Crippen molar-refractivity contribution < 1.29 is 13.6 Å². The van der Waals surface area contributed by atoms with E-state index in [1.165, 1.54) is 6.07 Å². The minimum absolute atomic E-state index is 0.0296. The van der Waals surface area contributed by atoms with Gasteiger partial charge in [-0.25, -0.2) is 8.78 Å². The third-order valence-corrected chi connectivity index (χ3v) is 3.83. The summed E-state index contributed by atoms with van der Waals surface area (Å²) in [6.45, 7) is 0. The SMILES string of the molecule is O=C(Cc1cnc2c(c1)CCCC2)c1c(F)cccc1F. The fourth-order valence-electron chi connectivity index (χ4n) is 2.77. The van der Waals surface area contributed by atoms with Gasteiger partial charge >= 0.3 is 0 Å². The highest BCUT2D eigenvalue weighted by Crippen LogP contribution is 2.21. The van der Waals surface area contributed by atoms with Crippen molar-refractivity contribution in [3.05, 3.63) is 64.5 Å². The second-order valence-electron chi connectivity index (χ2n) is 5.35. The van der Waals surface area contributed by atoms with Gasteiger partial charge in [0.2, 0.25) is 0 Å². The quantitative estimate of drug-likeness (QED) is 0.806. The van der Waals surface area contributed by atoms with E-state index in [-0.39, 0.29) is 6.42 Å². The molecule has 108 valence electrons. The molecule has 0 saturated heterocycles. The number of aryl methyl sites for hydroxylation is 2. The van der Waals surface area contributed by atoms with Gasteiger partial charge in [-0.2, -0.15) is 0 Å². The number of carbonyl (C=O) groups is 1. The van der Waals surface area contributed by atoms with Gasteiger partial charge < -0.3 is 0 Å². The van der Waals surface area contributed by atoms with Gasteiger partial charge in [-0.05, 0) is 48.9 Å². The molecule has 0 atom stereocenters. The molecule has 0 spiro atoms. The van der Waals surface area contributed by atoms with E-state index in [2.05, 4.69) is 4.98 Å². The van der Waals surface area contributed by atoms with Gasteiger partial charge in [0.15, 0.2) is 5.78 Å². The van der Waals surface area contributed by atoms with Crippen LogP contribution in [0.5, 0.6) is 0 Å². The molecule has 4 heteroatoms. The van der Waals surface area contributed by atoms with Crippen LogP contribution in [0.15, 0.2) is 30.5 Å². The van der Waals surface area contributed by atoms with E-state index < -0.39 is 23.0 Å². The summed E-state index contributed by atoms with van der Waals surface area (Å²) in [4.78, 5) is 16.5. The number of hydrogen-bond acceptors (Lipinski definition) is 2. The van der Waals surface area contributed by atoms with Crippen molar-refractivity contribution in [2.45, 2.75) is 32.1 Å². The number of halogens is 2. The Balaban J connectivity index is 1.85. The zero-order chi connectivity index (χ0) is 14.8. The maximum atomic E-state index is 13.6. The highest BCUT2D eigenvalue weighted by atomic mass is 19.1. The highest BCUT2D eigenvalue weighted by molar-refractivity contribution is 5.98. The summed E-state index contributed by atoms with van der Waals surface area (Å²) in [5, 5.41) is 0. The number of fused-ring (bicyclic) bond motifs is 1. The average molecular weight is 287 g/mol. The molecule has 1 aromatic carbocycles. The number of hydrogen-bond donors (Lipinski definition) is 0. The maximum Gasteiger partial charge on any atom is 0.173 e. The van der Waals surface area contributed by atoms with Crippen LogP contribution in [0.3, 0.4) is 0 Å². The number of nitrogens with zero attached hydrogens (tertiary/aromatic N) is 1. The van der Waals surface area contributed by atoms with E-state index in [0.717, 1.165) is 49.1 Å². The molecule has 2 aromatic rings. The molecule has 0 N–H and O–H groups in total. The molecule has 0 aliphatic heterocycles. The van der Waals surface area contributed by atoms with Crippen LogP contribution in [0.25, 0.3) is 0 Å². The number of ketones is 1. The first-order valence-corrected chi connectivity index (χ1v) is 7.09. The number of aromatic nitrogens is 1. The van der Waals surface area contributed by atoms with Crippen molar-refractivity contribution in [1.29, 1.82) is 0 Å². The molecule has 1 aliphatic rings. The van der Waals surface area contributed by atoms with Crippen LogP contribution < -0.4 is 0 Å². The van der Waals surface area contributed by atoms with Crippen LogP contribution >= 0.6 is 0 Å². The summed E-state index contributed by atoms with van der Waals surface area (Å²) in [5.74, 6) is -2.18. The minimum atomic E-state index is -0.814. The summed E-state index contributed by atoms with van der Waals surface area (Å²) in [6.07, 6.45) is 5.79. The lowest BCUT2D eigenvalue weighted by Gasteiger charge is -2.15. The second kappa shape index (κ2) is 5.72. The van der Waals surface area contributed by atoms with Gasteiger partial charge in [0.1, 0.15) is 11.6 Å². The monoisotopic (exact) mass is 287 g/mol. The highest BCUT2D eigenvalue weighted by Gasteiger charge is 2.18. The Morgan fingerprint density at radius 1 is 1.14 bits per heavy atom. The minimum Gasteiger partial charge on any atom is -0.294 e. The summed E-state index contributed by atoms with van der Waals surface area (Å²) >= 11 is 0. The van der Waals surface area contributed by atoms with Gasteiger partial charge in [-0.1, -0.05) is 12.1 Å². The normalized spacial score (nSPS) is 13.8. The summed E-state index contributed by atoms with van der Waals surface area (Å²) in [7, 11) is 0. The predicted molar refractivity (Wildman–Crippen MR) is 75.3 cm³/mol. The molecule has 0 bridgehead atoms. The number of Topliss-reactive ketones (excluding diaryl/α,β-unsaturated/α-hetero) is 1. The largest absolute Gasteiger partial charge is 0.294 e. The molecule has 0 fully saturated rings. The molecule has 3 rings (SSSR count). The first-order valence-electron chi connectivity index (χ1n) is 7.09. The number of benzene rings is 1. The Morgan fingerprint density at radius 2 is 1.86 bits per heavy atom. The van der Waals surface area contributed by atoms with Crippen LogP contribution in [-0.4, -0.2) is 10.8 Å². The standard InChI is InChI=1S/C17H15F2NO/c18-13-5-3-6-14(19)17(13)16(21)9-11-8-12-4-1-2-7-15(12)20-10-11/h3,5-6,8,10H,1-2,4,7,9H2. The van der Waals surface area contributed by atoms with Gasteiger partial charge in [-0.15, -0.1) is 0 Å². The molecular weight excluding hydrogens is 272 g/mol. The van der Waals surface area contributed by atoms with E-state index in [1.54, 1.807) is 6.20 Å². The van der Waals surface area contributed by atoms with E-state index >= 15 is 0 Å². The van der Waals surface area contributed by atoms with E-state index in [1.807, 2.05) is 6.07 Å². The zero-order valence-electron chi connectivity index (χ0n) is 11.5. The van der Waals surface area contributed by atoms with Crippen molar-refractivity contribution in [1.82, 2.24) is 4.98 Å². The lowest BCUT2D eigenvalue weighted by Crippen LogP contribution is -2.11. The fourth-order valence-corrected chi connectivity index (χ4v) is 2.77. The smallest absolute Gasteiger partial charge is 0.173 e. The number of carbonyl (C=O) groups excluding carboxylic acids is 1. The van der Waals surface area contributed by atoms with Gasteiger partial charge in [-0.3, -0.25) is 9.78 Å². The molecule has 0 amide bonds. The van der Waals surface area contributed by atoms with Crippen LogP contribution in [0.1, 0.15) is 40.0 Å². The molecule has 0 radical (unpaired) electrons. The van der Waals surface area contributed by atoms with E-state index in [0.29, 0.717) is 5.56 Å². The summed E-state index contributed by atoms with van der Waals surface area (Å²) < 4.78 is 27.2. The van der Waals surface area contributed by atoms with Crippen molar-refractivity contribution in [2.24, 2.45) is 0 Å². The molecule has 0 unspecified atom stereocenters. The van der Waals surface area contributed by atoms with Crippen LogP contribution in [0.4, 0.5) is 8.78 Å². The first-order chi connectivity index (χ1) is 10.1. The second-order valence-corrected chi connectivity index (χ2v) is 5.35. The predicted octanol–water partition coefficient (Wildman–Crippen LogP) is 3.66. The molecule has 21 heavy (non-hydrogen) atoms. The average Bonchev–Trinajstić information content (AvgIpc) is 2.47. The molecule has 1 aliphatic carbocycles. The summed E-state index contributed by atoms with van der Waals surface area (Å²) in [6, 6.07) is 5.39. The lowest BCUT2D eigenvalue weighted by molar-refractivity contribution is 0.0985. The molecule has 1 heterocycles. The third kappa shape index (κ3) is 2.84. The van der Waals surface area contributed by atoms with Crippen molar-refractivity contribution in [2.75, 3.05) is 0 Å². The molecular formula is C17H15F2NO. The van der Waals surface area contributed by atoms with Crippen molar-refractivity contribution >= 4 is 5.78 Å². The number of rotatable bonds is 3. The topological polar surface area (TPSA) is 30.0 Å². The van der Waals surface area contributed by atoms with E-state index in [9.17, 15) is 13.6 Å². The Labute approximate surface area is 121 Å². The lowest BCUT2D eigenvalue weighted by atomic mass is 9.93. The van der Waals surface area contributed by atoms with Crippen LogP contribution in [0, 0.1) is 11.6 Å². The Kier molecular flexibility index (Phi) is 3.78. The van der Waals surface area contributed by atoms with E-state index in [4.69, 9.17) is 0 Å². The Bertz CT molecular complexity index is 677. The van der Waals surface area contributed by atoms with Gasteiger partial charge in [0.05, 0.1) is 5.56 Å². The molecule has 0 saturated carbocycles. The maximum absolute atomic E-state index is 13.6.